The van der Waals surface area contributed by atoms with Crippen molar-refractivity contribution < 1.29 is 14.4 Å². The highest BCUT2D eigenvalue weighted by Gasteiger charge is 2.47. The van der Waals surface area contributed by atoms with Gasteiger partial charge in [0.25, 0.3) is 0 Å². The van der Waals surface area contributed by atoms with E-state index in [9.17, 15) is 14.4 Å². The van der Waals surface area contributed by atoms with Crippen molar-refractivity contribution in [3.05, 3.63) is 42.2 Å². The molecule has 1 aromatic carbocycles. The number of fused-ring (bicyclic) bond motifs is 2. The van der Waals surface area contributed by atoms with Crippen LogP contribution in [0.4, 0.5) is 0 Å². The van der Waals surface area contributed by atoms with E-state index in [0.29, 0.717) is 25.1 Å². The number of aromatic amines is 1. The lowest BCUT2D eigenvalue weighted by Crippen LogP contribution is -2.42. The Hall–Kier alpha value is -2.61. The molecule has 3 amide bonds. The summed E-state index contributed by atoms with van der Waals surface area (Å²) in [5, 5.41) is 2.97. The third kappa shape index (κ3) is 3.94. The van der Waals surface area contributed by atoms with Crippen LogP contribution in [0, 0.1) is 11.8 Å². The van der Waals surface area contributed by atoms with Crippen molar-refractivity contribution in [3.63, 3.8) is 0 Å². The lowest BCUT2D eigenvalue weighted by Gasteiger charge is -2.19. The van der Waals surface area contributed by atoms with Crippen LogP contribution in [0.15, 0.2) is 36.4 Å². The number of carbonyl (C=O) groups excluding carboxylic acids is 3. The van der Waals surface area contributed by atoms with Crippen LogP contribution in [-0.4, -0.2) is 51.1 Å². The Morgan fingerprint density at radius 3 is 2.59 bits per heavy atom. The van der Waals surface area contributed by atoms with E-state index in [-0.39, 0.29) is 42.1 Å². The van der Waals surface area contributed by atoms with Gasteiger partial charge in [0, 0.05) is 0 Å². The molecule has 3 atom stereocenters. The lowest BCUT2D eigenvalue weighted by molar-refractivity contribution is -0.143. The Balaban J connectivity index is 1.47. The number of benzene rings is 1. The van der Waals surface area contributed by atoms with E-state index in [4.69, 9.17) is 0 Å². The number of carbonyl (C=O) groups is 3. The van der Waals surface area contributed by atoms with Gasteiger partial charge in [0.1, 0.15) is 12.4 Å². The molecule has 2 heterocycles. The number of imide groups is 1. The van der Waals surface area contributed by atoms with Gasteiger partial charge in [-0.3, -0.25) is 19.3 Å². The molecule has 0 radical (unpaired) electrons. The van der Waals surface area contributed by atoms with Crippen molar-refractivity contribution in [2.75, 3.05) is 18.6 Å². The van der Waals surface area contributed by atoms with Gasteiger partial charge in [-0.1, -0.05) is 24.3 Å². The van der Waals surface area contributed by atoms with E-state index in [1.165, 1.54) is 0 Å². The van der Waals surface area contributed by atoms with Gasteiger partial charge >= 0.3 is 0 Å². The van der Waals surface area contributed by atoms with Gasteiger partial charge in [-0.05, 0) is 43.4 Å². The number of hydrogen-bond donors (Lipinski definition) is 2. The zero-order valence-corrected chi connectivity index (χ0v) is 17.1. The van der Waals surface area contributed by atoms with Crippen LogP contribution in [0.5, 0.6) is 0 Å². The fourth-order valence-electron chi connectivity index (χ4n) is 4.06. The smallest absolute Gasteiger partial charge is 0.240 e. The molecular weight excluding hydrogens is 388 g/mol. The summed E-state index contributed by atoms with van der Waals surface area (Å²) in [7, 11) is 0. The first-order valence-electron chi connectivity index (χ1n) is 9.81. The third-order valence-electron chi connectivity index (χ3n) is 5.58. The highest BCUT2D eigenvalue weighted by molar-refractivity contribution is 7.98. The topological polar surface area (TPSA) is 95.2 Å². The maximum atomic E-state index is 12.7. The number of nitrogens with one attached hydrogen (secondary N) is 2. The highest BCUT2D eigenvalue weighted by Crippen LogP contribution is 2.34. The number of para-hydroxylation sites is 2. The molecule has 1 saturated heterocycles. The van der Waals surface area contributed by atoms with Crippen LogP contribution in [-0.2, 0) is 14.4 Å². The summed E-state index contributed by atoms with van der Waals surface area (Å²) in [4.78, 5) is 46.9. The average molecular weight is 413 g/mol. The number of thioether (sulfide) groups is 1. The summed E-state index contributed by atoms with van der Waals surface area (Å²) in [5.41, 5.74) is 1.75. The van der Waals surface area contributed by atoms with E-state index in [0.717, 1.165) is 21.7 Å². The number of imidazole rings is 1. The summed E-state index contributed by atoms with van der Waals surface area (Å²) in [6.45, 7) is -0.235. The summed E-state index contributed by atoms with van der Waals surface area (Å²) in [5.74, 6) is 0.0912. The fraction of sp³-hybridized carbons (Fsp3) is 0.429. The number of hydrogen-bond acceptors (Lipinski definition) is 5. The van der Waals surface area contributed by atoms with Gasteiger partial charge in [-0.25, -0.2) is 4.98 Å². The van der Waals surface area contributed by atoms with Gasteiger partial charge in [-0.2, -0.15) is 11.8 Å². The normalized spacial score (nSPS) is 22.2. The zero-order chi connectivity index (χ0) is 20.4. The van der Waals surface area contributed by atoms with E-state index < -0.39 is 0 Å². The molecule has 1 aliphatic carbocycles. The second kappa shape index (κ2) is 8.41. The molecule has 8 heteroatoms. The van der Waals surface area contributed by atoms with Crippen LogP contribution in [0.1, 0.15) is 31.1 Å². The first-order chi connectivity index (χ1) is 14.1. The van der Waals surface area contributed by atoms with E-state index in [1.807, 2.05) is 42.7 Å². The van der Waals surface area contributed by atoms with E-state index >= 15 is 0 Å². The standard InChI is InChI=1S/C21H24N4O3S/c1-29-11-10-17(19-23-15-8-4-5-9-16(15)24-19)22-18(26)12-25-20(27)13-6-2-3-7-14(13)21(25)28/h2-5,8-9,13-14,17H,6-7,10-12H2,1H3,(H,22,26)(H,23,24)/t13?,14?,17-/m0/s1. The molecule has 152 valence electrons. The van der Waals surface area contributed by atoms with Gasteiger partial charge in [0.05, 0.1) is 28.9 Å². The quantitative estimate of drug-likeness (QED) is 0.538. The summed E-state index contributed by atoms with van der Waals surface area (Å²) in [6, 6.07) is 7.40. The number of rotatable bonds is 7. The molecule has 7 nitrogen and oxygen atoms in total. The Kier molecular flexibility index (Phi) is 5.71. The number of H-pyrrole nitrogens is 1. The monoisotopic (exact) mass is 412 g/mol. The van der Waals surface area contributed by atoms with Crippen molar-refractivity contribution in [2.45, 2.75) is 25.3 Å². The SMILES string of the molecule is CSCC[C@H](NC(=O)CN1C(=O)C2CC=CCC2C1=O)c1nc2ccccc2[nH]1. The van der Waals surface area contributed by atoms with Crippen molar-refractivity contribution >= 4 is 40.5 Å². The lowest BCUT2D eigenvalue weighted by atomic mass is 9.85. The second-order valence-corrected chi connectivity index (χ2v) is 8.44. The average Bonchev–Trinajstić information content (AvgIpc) is 3.27. The van der Waals surface area contributed by atoms with Crippen molar-refractivity contribution in [1.29, 1.82) is 0 Å². The van der Waals surface area contributed by atoms with Crippen molar-refractivity contribution in [1.82, 2.24) is 20.2 Å². The van der Waals surface area contributed by atoms with Crippen LogP contribution < -0.4 is 5.32 Å². The fourth-order valence-corrected chi connectivity index (χ4v) is 4.53. The summed E-state index contributed by atoms with van der Waals surface area (Å²) >= 11 is 1.69. The zero-order valence-electron chi connectivity index (χ0n) is 16.3. The first-order valence-corrected chi connectivity index (χ1v) is 11.2. The minimum Gasteiger partial charge on any atom is -0.345 e. The Bertz CT molecular complexity index is 911. The van der Waals surface area contributed by atoms with E-state index in [1.54, 1.807) is 11.8 Å². The Labute approximate surface area is 173 Å². The molecule has 2 unspecified atom stereocenters. The molecule has 1 aliphatic heterocycles. The van der Waals surface area contributed by atoms with E-state index in [2.05, 4.69) is 15.3 Å². The van der Waals surface area contributed by atoms with Crippen LogP contribution >= 0.6 is 11.8 Å². The molecule has 2 aliphatic rings. The molecule has 4 rings (SSSR count). The molecule has 2 N–H and O–H groups in total. The molecule has 2 aromatic rings. The molecule has 1 aromatic heterocycles. The molecule has 0 bridgehead atoms. The second-order valence-electron chi connectivity index (χ2n) is 7.46. The Morgan fingerprint density at radius 1 is 1.24 bits per heavy atom. The maximum absolute atomic E-state index is 12.7. The van der Waals surface area contributed by atoms with Gasteiger partial charge in [0.2, 0.25) is 17.7 Å². The number of likely N-dealkylation sites (tertiary alicyclic amines) is 1. The number of aromatic nitrogens is 2. The van der Waals surface area contributed by atoms with Crippen LogP contribution in [0.2, 0.25) is 0 Å². The van der Waals surface area contributed by atoms with Gasteiger partial charge in [0.15, 0.2) is 0 Å². The van der Waals surface area contributed by atoms with Crippen LogP contribution in [0.3, 0.4) is 0 Å². The number of allylic oxidation sites excluding steroid dienone is 2. The largest absolute Gasteiger partial charge is 0.345 e. The molecular formula is C21H24N4O3S. The maximum Gasteiger partial charge on any atom is 0.240 e. The number of amides is 3. The predicted molar refractivity (Wildman–Crippen MR) is 112 cm³/mol. The molecule has 0 saturated carbocycles. The molecule has 0 spiro atoms. The Morgan fingerprint density at radius 2 is 1.93 bits per heavy atom. The van der Waals surface area contributed by atoms with Gasteiger partial charge in [-0.15, -0.1) is 0 Å². The van der Waals surface area contributed by atoms with Crippen molar-refractivity contribution in [3.8, 4) is 0 Å². The predicted octanol–water partition coefficient (Wildman–Crippen LogP) is 2.42. The van der Waals surface area contributed by atoms with Crippen LogP contribution in [0.25, 0.3) is 11.0 Å². The summed E-state index contributed by atoms with van der Waals surface area (Å²) < 4.78 is 0. The van der Waals surface area contributed by atoms with Gasteiger partial charge < -0.3 is 10.3 Å². The molecule has 1 fully saturated rings. The summed E-state index contributed by atoms with van der Waals surface area (Å²) in [6.07, 6.45) is 7.73. The first kappa shape index (κ1) is 19.7. The highest BCUT2D eigenvalue weighted by atomic mass is 32.2. The van der Waals surface area contributed by atoms with Crippen molar-refractivity contribution in [2.24, 2.45) is 11.8 Å². The third-order valence-corrected chi connectivity index (χ3v) is 6.23. The molecule has 29 heavy (non-hydrogen) atoms. The minimum absolute atomic E-state index is 0.232. The minimum atomic E-state index is -0.343. The number of nitrogens with zero attached hydrogens (tertiary/aromatic N) is 2.